The van der Waals surface area contributed by atoms with Gasteiger partial charge in [-0.2, -0.15) is 0 Å². The molecule has 21 rings (SSSR count). The Bertz CT molecular complexity index is 5430. The van der Waals surface area contributed by atoms with Gasteiger partial charge >= 0.3 is 580 Å². The van der Waals surface area contributed by atoms with Crippen LogP contribution in [0, 0.1) is 0 Å². The van der Waals surface area contributed by atoms with Crippen LogP contribution in [-0.4, -0.2) is 26.5 Å². The second-order valence-electron chi connectivity index (χ2n) is 26.3. The van der Waals surface area contributed by atoms with Crippen molar-refractivity contribution < 1.29 is 0 Å². The predicted octanol–water partition coefficient (Wildman–Crippen LogP) is 18.5. The van der Waals surface area contributed by atoms with Gasteiger partial charge in [0.15, 0.2) is 0 Å². The maximum atomic E-state index is 2.78. The standard InChI is InChI=1S/C90H60Ge2N6/c1-11-33-61(34-12-1)63-57-77-83-79(59-63)97(71-49-27-9-28-50-71)89-86-90(98(72-51-29-10-30-52-72)80-60-64(62-35-13-2-14-36-62)58-78(94(77)68-43-21-6-22-44-68)84(80)92(83,86)66-39-17-4-18-40-66)88-85-87(89)95(69-45-23-7-24-46-69)75-55-31-53-73-81(75)91(85,65-37-15-3-16-38-65)82-74(93(73)67-41-19-5-20-42-67)54-32-56-76(82)96(88)70-47-25-8-26-48-70/h1-60H. The van der Waals surface area contributed by atoms with Crippen molar-refractivity contribution in [3.05, 3.63) is 364 Å². The average molecular weight is 1370 g/mol. The number of rotatable bonds is 10. The molecular weight excluding hydrogens is 1310 g/mol. The Hall–Kier alpha value is -11.8. The zero-order chi connectivity index (χ0) is 64.2. The number of anilines is 18. The Morgan fingerprint density at radius 2 is 0.357 bits per heavy atom. The Labute approximate surface area is 575 Å². The second kappa shape index (κ2) is 21.3. The van der Waals surface area contributed by atoms with Gasteiger partial charge in [-0.05, 0) is 0 Å². The third-order valence-corrected chi connectivity index (χ3v) is 42.2. The van der Waals surface area contributed by atoms with Crippen LogP contribution in [0.25, 0.3) is 22.3 Å². The molecule has 6 aliphatic heterocycles. The van der Waals surface area contributed by atoms with Crippen LogP contribution in [0.15, 0.2) is 364 Å². The molecule has 458 valence electrons. The molecule has 8 heteroatoms. The summed E-state index contributed by atoms with van der Waals surface area (Å²) in [5.41, 5.74) is 25.9. The van der Waals surface area contributed by atoms with Gasteiger partial charge in [0.25, 0.3) is 0 Å². The summed E-state index contributed by atoms with van der Waals surface area (Å²) < 4.78 is 11.2. The van der Waals surface area contributed by atoms with E-state index in [2.05, 4.69) is 393 Å². The molecule has 0 saturated heterocycles. The number of para-hydroxylation sites is 6. The van der Waals surface area contributed by atoms with Gasteiger partial charge in [-0.3, -0.25) is 0 Å². The molecule has 0 aliphatic carbocycles. The molecule has 0 N–H and O–H groups in total. The fraction of sp³-hybridized carbons (Fsp3) is 0. The second-order valence-corrected chi connectivity index (χ2v) is 41.3. The summed E-state index contributed by atoms with van der Waals surface area (Å²) in [5.74, 6) is 0. The van der Waals surface area contributed by atoms with Crippen LogP contribution in [0.3, 0.4) is 0 Å². The Morgan fingerprint density at radius 3 is 0.643 bits per heavy atom. The first kappa shape index (κ1) is 55.5. The van der Waals surface area contributed by atoms with Crippen molar-refractivity contribution in [1.29, 1.82) is 0 Å². The molecular formula is C90H60Ge2N6. The van der Waals surface area contributed by atoms with Crippen LogP contribution in [0.5, 0.6) is 0 Å². The van der Waals surface area contributed by atoms with Gasteiger partial charge in [0, 0.05) is 0 Å². The van der Waals surface area contributed by atoms with E-state index in [1.165, 1.54) is 103 Å². The van der Waals surface area contributed by atoms with E-state index in [1.54, 1.807) is 0 Å². The number of hydrogen-bond acceptors (Lipinski definition) is 6. The van der Waals surface area contributed by atoms with E-state index >= 15 is 0 Å². The molecule has 0 atom stereocenters. The average Bonchev–Trinajstić information content (AvgIpc) is 0.627. The van der Waals surface area contributed by atoms with E-state index in [1.807, 2.05) is 0 Å². The normalized spacial score (nSPS) is 14.6. The van der Waals surface area contributed by atoms with Crippen LogP contribution >= 0.6 is 0 Å². The van der Waals surface area contributed by atoms with Crippen LogP contribution in [0.4, 0.5) is 102 Å². The first-order valence-corrected chi connectivity index (χ1v) is 42.3. The minimum atomic E-state index is -4.87. The summed E-state index contributed by atoms with van der Waals surface area (Å²) in [6.45, 7) is 0. The van der Waals surface area contributed by atoms with Gasteiger partial charge in [-0.15, -0.1) is 0 Å². The molecule has 0 aromatic heterocycles. The Balaban J connectivity index is 1.09. The summed E-state index contributed by atoms with van der Waals surface area (Å²) in [7, 11) is 0. The molecule has 0 saturated carbocycles. The summed E-state index contributed by atoms with van der Waals surface area (Å²) >= 11 is -9.60. The maximum absolute atomic E-state index is 4.87. The minimum absolute atomic E-state index is 1.10. The molecule has 98 heavy (non-hydrogen) atoms. The predicted molar refractivity (Wildman–Crippen MR) is 414 cm³/mol. The summed E-state index contributed by atoms with van der Waals surface area (Å²) in [6, 6.07) is 139. The molecule has 0 spiro atoms. The fourth-order valence-electron chi connectivity index (χ4n) is 18.0. The van der Waals surface area contributed by atoms with Crippen LogP contribution in [0.1, 0.15) is 0 Å². The van der Waals surface area contributed by atoms with Gasteiger partial charge < -0.3 is 0 Å². The zero-order valence-corrected chi connectivity index (χ0v) is 57.5. The van der Waals surface area contributed by atoms with Crippen molar-refractivity contribution in [2.24, 2.45) is 0 Å². The number of benzene rings is 15. The molecule has 0 radical (unpaired) electrons. The zero-order valence-electron chi connectivity index (χ0n) is 53.3. The first-order valence-electron chi connectivity index (χ1n) is 33.9. The van der Waals surface area contributed by atoms with E-state index < -0.39 is 26.5 Å². The quantitative estimate of drug-likeness (QED) is 0.126. The molecule has 6 nitrogen and oxygen atoms in total. The van der Waals surface area contributed by atoms with Crippen molar-refractivity contribution in [2.45, 2.75) is 0 Å². The van der Waals surface area contributed by atoms with Crippen molar-refractivity contribution >= 4 is 164 Å². The van der Waals surface area contributed by atoms with Gasteiger partial charge in [0.05, 0.1) is 0 Å². The van der Waals surface area contributed by atoms with Crippen molar-refractivity contribution in [3.8, 4) is 22.3 Å². The summed E-state index contributed by atoms with van der Waals surface area (Å²) in [5, 5.41) is 0. The number of nitrogens with zero attached hydrogens (tertiary/aromatic N) is 6. The van der Waals surface area contributed by atoms with Crippen LogP contribution in [0.2, 0.25) is 0 Å². The third kappa shape index (κ3) is 7.42. The van der Waals surface area contributed by atoms with Gasteiger partial charge in [0.2, 0.25) is 0 Å². The number of hydrogen-bond donors (Lipinski definition) is 0. The monoisotopic (exact) mass is 1370 g/mol. The van der Waals surface area contributed by atoms with Gasteiger partial charge in [-0.25, -0.2) is 0 Å². The molecule has 0 amide bonds. The van der Waals surface area contributed by atoms with Gasteiger partial charge in [0.1, 0.15) is 0 Å². The third-order valence-electron chi connectivity index (χ3n) is 21.4. The SMILES string of the molecule is c1ccc(-c2cc3[c]4c(c2)N(c2ccccc2)c2c5[c]6c(c7[c]2[Ge]4([c]2ccccc2)[c]2c(cc(-c4ccccc4)cc2N7c2ccccc2)N3c2ccccc2)N(c2ccccc2)c2cccc3[c]2[Ge]6([c]2ccccc2)[c]2c(cccc2N5c2ccccc2)N3c2ccccc2)cc1. The van der Waals surface area contributed by atoms with Crippen molar-refractivity contribution in [1.82, 2.24) is 0 Å². The van der Waals surface area contributed by atoms with E-state index in [0.29, 0.717) is 0 Å². The Kier molecular flexibility index (Phi) is 12.1. The number of fused-ring (bicyclic) bond motifs is 2. The topological polar surface area (TPSA) is 19.4 Å². The Morgan fingerprint density at radius 1 is 0.153 bits per heavy atom. The molecule has 0 unspecified atom stereocenters. The van der Waals surface area contributed by atoms with Crippen LogP contribution in [-0.2, 0) is 0 Å². The first-order chi connectivity index (χ1) is 48.7. The van der Waals surface area contributed by atoms with Gasteiger partial charge in [-0.1, -0.05) is 0 Å². The van der Waals surface area contributed by atoms with E-state index in [-0.39, 0.29) is 0 Å². The summed E-state index contributed by atoms with van der Waals surface area (Å²) in [6.07, 6.45) is 0. The molecule has 15 aromatic carbocycles. The fourth-order valence-corrected chi connectivity index (χ4v) is 42.2. The van der Waals surface area contributed by atoms with Crippen LogP contribution < -0.4 is 64.6 Å². The summed E-state index contributed by atoms with van der Waals surface area (Å²) in [4.78, 5) is 16.4. The molecule has 6 aliphatic rings. The van der Waals surface area contributed by atoms with Crippen molar-refractivity contribution in [2.75, 3.05) is 29.4 Å². The van der Waals surface area contributed by atoms with E-state index in [0.717, 1.165) is 56.4 Å². The molecule has 15 aromatic rings. The van der Waals surface area contributed by atoms with Crippen molar-refractivity contribution in [3.63, 3.8) is 0 Å². The van der Waals surface area contributed by atoms with E-state index in [9.17, 15) is 0 Å². The van der Waals surface area contributed by atoms with E-state index in [4.69, 9.17) is 0 Å². The molecule has 0 fully saturated rings. The molecule has 6 heterocycles. The molecule has 0 bridgehead atoms.